The van der Waals surface area contributed by atoms with Gasteiger partial charge >= 0.3 is 0 Å². The van der Waals surface area contributed by atoms with E-state index in [1.807, 2.05) is 39.0 Å². The third-order valence-corrected chi connectivity index (χ3v) is 5.28. The van der Waals surface area contributed by atoms with Crippen LogP contribution < -0.4 is 0 Å². The first kappa shape index (κ1) is 14.8. The Morgan fingerprint density at radius 3 is 2.27 bits per heavy atom. The van der Waals surface area contributed by atoms with Crippen LogP contribution in [-0.2, 0) is 10.0 Å². The summed E-state index contributed by atoms with van der Waals surface area (Å²) in [5, 5.41) is 5.27. The number of benzene rings is 2. The van der Waals surface area contributed by atoms with Crippen LogP contribution in [0.1, 0.15) is 31.0 Å². The highest BCUT2D eigenvalue weighted by Crippen LogP contribution is 2.27. The van der Waals surface area contributed by atoms with Crippen molar-refractivity contribution in [2.24, 2.45) is 0 Å². The van der Waals surface area contributed by atoms with Crippen LogP contribution in [0.15, 0.2) is 53.4 Å². The van der Waals surface area contributed by atoms with Crippen LogP contribution in [0.3, 0.4) is 0 Å². The summed E-state index contributed by atoms with van der Waals surface area (Å²) in [6.45, 7) is 5.95. The highest BCUT2D eigenvalue weighted by atomic mass is 32.2. The molecular weight excluding hydrogens is 296 g/mol. The Labute approximate surface area is 130 Å². The van der Waals surface area contributed by atoms with Gasteiger partial charge in [0, 0.05) is 5.39 Å². The number of fused-ring (bicyclic) bond motifs is 1. The predicted octanol–water partition coefficient (Wildman–Crippen LogP) is 3.71. The fraction of sp³-hybridized carbons (Fsp3) is 0.235. The van der Waals surface area contributed by atoms with Gasteiger partial charge in [-0.2, -0.15) is 17.6 Å². The van der Waals surface area contributed by atoms with Crippen molar-refractivity contribution in [1.29, 1.82) is 0 Å². The van der Waals surface area contributed by atoms with E-state index >= 15 is 0 Å². The molecule has 1 aromatic heterocycles. The third-order valence-electron chi connectivity index (χ3n) is 3.68. The molecule has 0 aliphatic rings. The molecule has 0 unspecified atom stereocenters. The second-order valence-electron chi connectivity index (χ2n) is 5.72. The van der Waals surface area contributed by atoms with Crippen LogP contribution in [0.4, 0.5) is 0 Å². The highest BCUT2D eigenvalue weighted by Gasteiger charge is 2.23. The van der Waals surface area contributed by atoms with Crippen LogP contribution in [0.5, 0.6) is 0 Å². The molecule has 5 heteroatoms. The van der Waals surface area contributed by atoms with E-state index in [9.17, 15) is 8.42 Å². The lowest BCUT2D eigenvalue weighted by molar-refractivity contribution is 0.580. The van der Waals surface area contributed by atoms with Crippen molar-refractivity contribution in [1.82, 2.24) is 9.19 Å². The van der Waals surface area contributed by atoms with Crippen molar-refractivity contribution in [3.05, 3.63) is 59.8 Å². The molecule has 114 valence electrons. The molecule has 0 amide bonds. The van der Waals surface area contributed by atoms with Crippen molar-refractivity contribution < 1.29 is 8.42 Å². The van der Waals surface area contributed by atoms with Gasteiger partial charge in [0.1, 0.15) is 0 Å². The monoisotopic (exact) mass is 314 g/mol. The summed E-state index contributed by atoms with van der Waals surface area (Å²) in [6, 6.07) is 14.3. The summed E-state index contributed by atoms with van der Waals surface area (Å²) < 4.78 is 26.9. The van der Waals surface area contributed by atoms with Crippen molar-refractivity contribution in [2.45, 2.75) is 31.6 Å². The maximum atomic E-state index is 12.9. The van der Waals surface area contributed by atoms with Crippen molar-refractivity contribution >= 4 is 20.9 Å². The van der Waals surface area contributed by atoms with Crippen molar-refractivity contribution in [3.63, 3.8) is 0 Å². The fourth-order valence-corrected chi connectivity index (χ4v) is 3.78. The Hall–Kier alpha value is -2.14. The minimum atomic E-state index is -3.69. The van der Waals surface area contributed by atoms with Gasteiger partial charge in [-0.3, -0.25) is 0 Å². The molecular formula is C17H18N2O2S. The molecule has 0 bridgehead atoms. The van der Waals surface area contributed by atoms with Gasteiger partial charge in [0.15, 0.2) is 0 Å². The van der Waals surface area contributed by atoms with Crippen molar-refractivity contribution in [3.8, 4) is 0 Å². The molecule has 22 heavy (non-hydrogen) atoms. The molecule has 1 heterocycles. The molecule has 4 nitrogen and oxygen atoms in total. The number of rotatable bonds is 3. The van der Waals surface area contributed by atoms with Gasteiger partial charge in [-0.1, -0.05) is 49.7 Å². The Balaban J connectivity index is 2.27. The lowest BCUT2D eigenvalue weighted by atomic mass is 10.1. The Bertz CT molecular complexity index is 923. The molecule has 3 aromatic rings. The van der Waals surface area contributed by atoms with E-state index in [2.05, 4.69) is 5.10 Å². The summed E-state index contributed by atoms with van der Waals surface area (Å²) in [7, 11) is -3.69. The second kappa shape index (κ2) is 5.25. The minimum Gasteiger partial charge on any atom is -0.199 e. The SMILES string of the molecule is Cc1ccc(S(=O)(=O)n2nc(C(C)C)c3ccccc32)cc1. The summed E-state index contributed by atoms with van der Waals surface area (Å²) in [5.41, 5.74) is 2.44. The van der Waals surface area contributed by atoms with Crippen LogP contribution in [0, 0.1) is 6.92 Å². The molecule has 0 aliphatic carbocycles. The zero-order valence-electron chi connectivity index (χ0n) is 12.8. The quantitative estimate of drug-likeness (QED) is 0.740. The van der Waals surface area contributed by atoms with E-state index in [0.717, 1.165) is 20.7 Å². The van der Waals surface area contributed by atoms with E-state index in [1.165, 1.54) is 0 Å². The maximum absolute atomic E-state index is 12.9. The second-order valence-corrected chi connectivity index (χ2v) is 7.49. The summed E-state index contributed by atoms with van der Waals surface area (Å²) >= 11 is 0. The van der Waals surface area contributed by atoms with Gasteiger partial charge in [0.2, 0.25) is 0 Å². The first-order chi connectivity index (χ1) is 10.4. The molecule has 3 rings (SSSR count). The average molecular weight is 314 g/mol. The third kappa shape index (κ3) is 2.31. The summed E-state index contributed by atoms with van der Waals surface area (Å²) in [4.78, 5) is 0.252. The average Bonchev–Trinajstić information content (AvgIpc) is 2.88. The Kier molecular flexibility index (Phi) is 3.53. The van der Waals surface area contributed by atoms with Gasteiger partial charge in [-0.25, -0.2) is 0 Å². The van der Waals surface area contributed by atoms with Gasteiger partial charge in [-0.15, -0.1) is 0 Å². The number of aryl methyl sites for hydroxylation is 1. The topological polar surface area (TPSA) is 52.0 Å². The Morgan fingerprint density at radius 1 is 1.00 bits per heavy atom. The largest absolute Gasteiger partial charge is 0.283 e. The van der Waals surface area contributed by atoms with E-state index in [1.54, 1.807) is 30.3 Å². The normalized spacial score (nSPS) is 12.2. The van der Waals surface area contributed by atoms with E-state index < -0.39 is 10.0 Å². The van der Waals surface area contributed by atoms with Crippen LogP contribution in [0.25, 0.3) is 10.9 Å². The van der Waals surface area contributed by atoms with Gasteiger partial charge in [-0.05, 0) is 31.0 Å². The molecule has 0 saturated heterocycles. The first-order valence-corrected chi connectivity index (χ1v) is 8.65. The summed E-state index contributed by atoms with van der Waals surface area (Å²) in [6.07, 6.45) is 0. The van der Waals surface area contributed by atoms with Crippen LogP contribution in [-0.4, -0.2) is 17.6 Å². The van der Waals surface area contributed by atoms with E-state index in [0.29, 0.717) is 5.52 Å². The minimum absolute atomic E-state index is 0.152. The number of aromatic nitrogens is 2. The molecule has 0 fully saturated rings. The standard InChI is InChI=1S/C17H18N2O2S/c1-12(2)17-15-6-4-5-7-16(15)19(18-17)22(20,21)14-10-8-13(3)9-11-14/h4-12H,1-3H3. The molecule has 0 N–H and O–H groups in total. The molecule has 0 aliphatic heterocycles. The first-order valence-electron chi connectivity index (χ1n) is 7.21. The van der Waals surface area contributed by atoms with Gasteiger partial charge in [0.25, 0.3) is 10.0 Å². The lowest BCUT2D eigenvalue weighted by Gasteiger charge is -2.06. The van der Waals surface area contributed by atoms with Gasteiger partial charge in [0.05, 0.1) is 16.1 Å². The zero-order valence-corrected chi connectivity index (χ0v) is 13.6. The number of nitrogens with zero attached hydrogens (tertiary/aromatic N) is 2. The smallest absolute Gasteiger partial charge is 0.199 e. The van der Waals surface area contributed by atoms with Crippen LogP contribution >= 0.6 is 0 Å². The molecule has 0 radical (unpaired) electrons. The van der Waals surface area contributed by atoms with Crippen LogP contribution in [0.2, 0.25) is 0 Å². The number of hydrogen-bond donors (Lipinski definition) is 0. The molecule has 0 atom stereocenters. The zero-order chi connectivity index (χ0) is 15.9. The fourth-order valence-electron chi connectivity index (χ4n) is 2.48. The highest BCUT2D eigenvalue weighted by molar-refractivity contribution is 7.90. The maximum Gasteiger partial charge on any atom is 0.283 e. The molecule has 0 spiro atoms. The molecule has 0 saturated carbocycles. The lowest BCUT2D eigenvalue weighted by Crippen LogP contribution is -2.14. The molecule has 2 aromatic carbocycles. The van der Waals surface area contributed by atoms with Gasteiger partial charge < -0.3 is 0 Å². The predicted molar refractivity (Wildman–Crippen MR) is 87.6 cm³/mol. The van der Waals surface area contributed by atoms with E-state index in [-0.39, 0.29) is 10.8 Å². The number of hydrogen-bond acceptors (Lipinski definition) is 3. The van der Waals surface area contributed by atoms with E-state index in [4.69, 9.17) is 0 Å². The number of para-hydroxylation sites is 1. The Morgan fingerprint density at radius 2 is 1.64 bits per heavy atom. The van der Waals surface area contributed by atoms with Crippen molar-refractivity contribution in [2.75, 3.05) is 0 Å². The summed E-state index contributed by atoms with van der Waals surface area (Å²) in [5.74, 6) is 0.152.